The highest BCUT2D eigenvalue weighted by molar-refractivity contribution is 5.67. The molecule has 0 amide bonds. The molecule has 0 aromatic carbocycles. The lowest BCUT2D eigenvalue weighted by Gasteiger charge is -2.02. The summed E-state index contributed by atoms with van der Waals surface area (Å²) < 4.78 is 10.0. The number of hydrogen-bond acceptors (Lipinski definition) is 5. The molecule has 0 atom stereocenters. The predicted octanol–water partition coefficient (Wildman–Crippen LogP) is -4.40. The van der Waals surface area contributed by atoms with Crippen LogP contribution < -0.4 is 28.3 Å². The van der Waals surface area contributed by atoms with Gasteiger partial charge in [-0.2, -0.15) is 0 Å². The van der Waals surface area contributed by atoms with Crippen LogP contribution in [0.5, 0.6) is 0 Å². The second kappa shape index (κ2) is 6.69. The van der Waals surface area contributed by atoms with E-state index >= 15 is 0 Å². The van der Waals surface area contributed by atoms with Crippen LogP contribution in [0.1, 0.15) is 6.92 Å². The molecule has 0 saturated heterocycles. The first-order valence-electron chi connectivity index (χ1n) is 6.03. The Morgan fingerprint density at radius 3 is 2.85 bits per heavy atom. The monoisotopic (exact) mass is 303 g/mol. The molecule has 0 aliphatic heterocycles. The molecule has 0 aliphatic rings. The Bertz CT molecular complexity index is 652. The maximum absolute atomic E-state index is 12.3. The minimum absolute atomic E-state index is 0. The number of ether oxygens (including phenoxy) is 1. The summed E-state index contributed by atoms with van der Waals surface area (Å²) in [7, 11) is 1.77. The molecule has 9 heteroatoms. The minimum Gasteiger partial charge on any atom is -1.00 e. The number of aliphatic hydroxyl groups excluding tert-OH is 1. The summed E-state index contributed by atoms with van der Waals surface area (Å²) in [5, 5.41) is 8.69. The molecule has 3 N–H and O–H groups in total. The summed E-state index contributed by atoms with van der Waals surface area (Å²) in [5.41, 5.74) is 6.56. The second-order valence-corrected chi connectivity index (χ2v) is 4.15. The largest absolute Gasteiger partial charge is 1.00 e. The summed E-state index contributed by atoms with van der Waals surface area (Å²) >= 11 is 0. The lowest BCUT2D eigenvalue weighted by atomic mass is 10.5. The van der Waals surface area contributed by atoms with Gasteiger partial charge in [0.2, 0.25) is 5.52 Å². The summed E-state index contributed by atoms with van der Waals surface area (Å²) in [4.78, 5) is 16.5. The Balaban J connectivity index is 0.00000200. The minimum atomic E-state index is -0.173. The molecule has 2 aromatic heterocycles. The van der Waals surface area contributed by atoms with E-state index in [9.17, 15) is 4.79 Å². The van der Waals surface area contributed by atoms with Crippen molar-refractivity contribution in [2.45, 2.75) is 20.2 Å². The number of halogens is 1. The molecule has 0 aliphatic carbocycles. The highest BCUT2D eigenvalue weighted by Crippen LogP contribution is 2.05. The number of nitrogen functional groups attached to an aromatic ring is 1. The van der Waals surface area contributed by atoms with Gasteiger partial charge in [-0.05, 0) is 6.92 Å². The number of hydrogen-bond donors (Lipinski definition) is 2. The van der Waals surface area contributed by atoms with Gasteiger partial charge in [-0.25, -0.2) is 4.57 Å². The average molecular weight is 304 g/mol. The smallest absolute Gasteiger partial charge is 0.313 e. The lowest BCUT2D eigenvalue weighted by Crippen LogP contribution is -3.00. The maximum atomic E-state index is 12.3. The SMILES string of the molecule is CCn1c(N)nc2c(c1=O)n(C)c[n+]2COCCO.[Cl-]. The quantitative estimate of drug-likeness (QED) is 0.429. The maximum Gasteiger partial charge on any atom is 0.313 e. The third-order valence-corrected chi connectivity index (χ3v) is 2.88. The van der Waals surface area contributed by atoms with Crippen molar-refractivity contribution in [3.05, 3.63) is 16.7 Å². The van der Waals surface area contributed by atoms with Crippen molar-refractivity contribution in [1.29, 1.82) is 0 Å². The van der Waals surface area contributed by atoms with E-state index in [1.165, 1.54) is 4.57 Å². The van der Waals surface area contributed by atoms with Gasteiger partial charge in [-0.3, -0.25) is 13.9 Å². The van der Waals surface area contributed by atoms with Crippen LogP contribution in [-0.2, 0) is 25.1 Å². The zero-order chi connectivity index (χ0) is 14.0. The van der Waals surface area contributed by atoms with Crippen LogP contribution in [0.25, 0.3) is 11.2 Å². The standard InChI is InChI=1S/C11H17N5O3.ClH/c1-3-16-10(18)8-9(13-11(16)12)15(6-14(8)2)7-19-5-4-17;/h6,17H,3-5,7H2,1-2H3,(H-,12,13,18);1H. The van der Waals surface area contributed by atoms with Crippen molar-refractivity contribution in [1.82, 2.24) is 14.1 Å². The van der Waals surface area contributed by atoms with Crippen LogP contribution in [0.3, 0.4) is 0 Å². The molecule has 0 unspecified atom stereocenters. The molecular formula is C11H18ClN5O3. The molecule has 0 spiro atoms. The zero-order valence-corrected chi connectivity index (χ0v) is 12.2. The number of aryl methyl sites for hydroxylation is 1. The number of nitrogens with zero attached hydrogens (tertiary/aromatic N) is 4. The topological polar surface area (TPSA) is 99.2 Å². The van der Waals surface area contributed by atoms with Crippen molar-refractivity contribution in [3.8, 4) is 0 Å². The average Bonchev–Trinajstić information content (AvgIpc) is 2.67. The van der Waals surface area contributed by atoms with Crippen molar-refractivity contribution >= 4 is 17.1 Å². The molecule has 2 aromatic rings. The fourth-order valence-corrected chi connectivity index (χ4v) is 2.01. The number of nitrogens with two attached hydrogens (primary N) is 1. The summed E-state index contributed by atoms with van der Waals surface area (Å²) in [6.45, 7) is 2.70. The number of anilines is 1. The van der Waals surface area contributed by atoms with Crippen LogP contribution in [0, 0.1) is 0 Å². The number of rotatable bonds is 5. The molecule has 0 fully saturated rings. The molecule has 112 valence electrons. The normalized spacial score (nSPS) is 10.8. The highest BCUT2D eigenvalue weighted by Gasteiger charge is 2.21. The number of imidazole rings is 1. The molecule has 20 heavy (non-hydrogen) atoms. The van der Waals surface area contributed by atoms with E-state index in [2.05, 4.69) is 4.98 Å². The van der Waals surface area contributed by atoms with E-state index in [-0.39, 0.29) is 43.9 Å². The number of aliphatic hydroxyl groups is 1. The summed E-state index contributed by atoms with van der Waals surface area (Å²) in [6.07, 6.45) is 1.72. The number of fused-ring (bicyclic) bond motifs is 1. The Hall–Kier alpha value is -1.64. The van der Waals surface area contributed by atoms with E-state index in [1.807, 2.05) is 6.92 Å². The van der Waals surface area contributed by atoms with Gasteiger partial charge in [-0.1, -0.05) is 4.98 Å². The van der Waals surface area contributed by atoms with Gasteiger partial charge in [0.05, 0.1) is 20.3 Å². The first-order valence-corrected chi connectivity index (χ1v) is 6.03. The second-order valence-electron chi connectivity index (χ2n) is 4.15. The van der Waals surface area contributed by atoms with Crippen LogP contribution in [0.2, 0.25) is 0 Å². The van der Waals surface area contributed by atoms with Crippen molar-refractivity contribution in [2.75, 3.05) is 18.9 Å². The summed E-state index contributed by atoms with van der Waals surface area (Å²) in [6, 6.07) is 0. The number of aromatic nitrogens is 4. The van der Waals surface area contributed by atoms with Gasteiger partial charge in [-0.15, -0.1) is 0 Å². The summed E-state index contributed by atoms with van der Waals surface area (Å²) in [5.74, 6) is 0.183. The van der Waals surface area contributed by atoms with E-state index in [0.29, 0.717) is 17.7 Å². The van der Waals surface area contributed by atoms with Crippen LogP contribution in [-0.4, -0.2) is 32.4 Å². The third-order valence-electron chi connectivity index (χ3n) is 2.88. The highest BCUT2D eigenvalue weighted by atomic mass is 35.5. The molecule has 0 bridgehead atoms. The van der Waals surface area contributed by atoms with Crippen LogP contribution in [0.4, 0.5) is 5.95 Å². The third kappa shape index (κ3) is 2.77. The first-order chi connectivity index (χ1) is 9.10. The predicted molar refractivity (Wildman–Crippen MR) is 68.3 cm³/mol. The Labute approximate surface area is 121 Å². The lowest BCUT2D eigenvalue weighted by molar-refractivity contribution is -0.711. The Morgan fingerprint density at radius 2 is 2.25 bits per heavy atom. The Kier molecular flexibility index (Phi) is 5.49. The molecule has 2 heterocycles. The van der Waals surface area contributed by atoms with Gasteiger partial charge >= 0.3 is 11.2 Å². The fraction of sp³-hybridized carbons (Fsp3) is 0.545. The van der Waals surface area contributed by atoms with Gasteiger partial charge < -0.3 is 28.0 Å². The molecule has 0 saturated carbocycles. The first kappa shape index (κ1) is 16.4. The van der Waals surface area contributed by atoms with Crippen LogP contribution in [0.15, 0.2) is 11.1 Å². The molecular weight excluding hydrogens is 286 g/mol. The molecule has 2 rings (SSSR count). The fourth-order valence-electron chi connectivity index (χ4n) is 2.01. The van der Waals surface area contributed by atoms with Gasteiger partial charge in [0, 0.05) is 6.54 Å². The Morgan fingerprint density at radius 1 is 1.55 bits per heavy atom. The zero-order valence-electron chi connectivity index (χ0n) is 11.4. The molecule has 0 radical (unpaired) electrons. The van der Waals surface area contributed by atoms with E-state index < -0.39 is 0 Å². The van der Waals surface area contributed by atoms with E-state index in [0.717, 1.165) is 0 Å². The van der Waals surface area contributed by atoms with Gasteiger partial charge in [0.25, 0.3) is 5.95 Å². The van der Waals surface area contributed by atoms with Crippen molar-refractivity contribution in [3.63, 3.8) is 0 Å². The van der Waals surface area contributed by atoms with Gasteiger partial charge in [0.15, 0.2) is 13.1 Å². The van der Waals surface area contributed by atoms with E-state index in [4.69, 9.17) is 15.6 Å². The van der Waals surface area contributed by atoms with Crippen molar-refractivity contribution in [2.24, 2.45) is 7.05 Å². The molecule has 8 nitrogen and oxygen atoms in total. The van der Waals surface area contributed by atoms with Crippen molar-refractivity contribution < 1.29 is 26.8 Å². The van der Waals surface area contributed by atoms with E-state index in [1.54, 1.807) is 22.5 Å². The van der Waals surface area contributed by atoms with Gasteiger partial charge in [0.1, 0.15) is 0 Å². The van der Waals surface area contributed by atoms with Crippen LogP contribution >= 0.6 is 0 Å².